The van der Waals surface area contributed by atoms with E-state index in [1.54, 1.807) is 16.8 Å². The van der Waals surface area contributed by atoms with Gasteiger partial charge in [-0.2, -0.15) is 5.10 Å². The van der Waals surface area contributed by atoms with Crippen molar-refractivity contribution in [2.45, 2.75) is 19.4 Å². The van der Waals surface area contributed by atoms with Gasteiger partial charge in [0, 0.05) is 18.5 Å². The minimum atomic E-state index is -0.588. The zero-order valence-electron chi connectivity index (χ0n) is 10.2. The minimum absolute atomic E-state index is 0.498. The van der Waals surface area contributed by atoms with Gasteiger partial charge in [-0.15, -0.1) is 0 Å². The Balaban J connectivity index is 2.24. The average Bonchev–Trinajstić information content (AvgIpc) is 2.56. The van der Waals surface area contributed by atoms with Gasteiger partial charge < -0.3 is 5.11 Å². The Hall–Kier alpha value is -0.840. The van der Waals surface area contributed by atoms with Crippen molar-refractivity contribution in [2.75, 3.05) is 0 Å². The molecule has 3 nitrogen and oxygen atoms in total. The number of aliphatic hydroxyl groups is 1. The molecule has 1 aromatic carbocycles. The van der Waals surface area contributed by atoms with E-state index in [1.165, 1.54) is 0 Å². The fraction of sp³-hybridized carbons (Fsp3) is 0.308. The molecule has 1 atom stereocenters. The van der Waals surface area contributed by atoms with Crippen LogP contribution in [0.25, 0.3) is 0 Å². The highest BCUT2D eigenvalue weighted by atomic mass is 79.9. The van der Waals surface area contributed by atoms with Crippen molar-refractivity contribution < 1.29 is 5.11 Å². The number of hydrogen-bond donors (Lipinski definition) is 1. The molecule has 0 saturated heterocycles. The number of aliphatic hydroxyl groups excluding tert-OH is 1. The third kappa shape index (κ3) is 2.76. The predicted molar refractivity (Wildman–Crippen MR) is 75.8 cm³/mol. The van der Waals surface area contributed by atoms with Gasteiger partial charge in [0.05, 0.1) is 22.0 Å². The fourth-order valence-corrected chi connectivity index (χ4v) is 2.61. The normalized spacial score (nSPS) is 12.7. The molecule has 0 saturated carbocycles. The number of halogens is 2. The molecule has 0 spiro atoms. The monoisotopic (exact) mass is 328 g/mol. The predicted octanol–water partition coefficient (Wildman–Crippen LogP) is 3.42. The topological polar surface area (TPSA) is 38.0 Å². The molecule has 0 aliphatic carbocycles. The molecule has 0 bridgehead atoms. The standard InChI is InChI=1S/C13H14BrClN2O/c1-8-13(14)11(17(2)16-8)7-12(18)9-4-3-5-10(15)6-9/h3-6,12,18H,7H2,1-2H3. The second-order valence-corrected chi connectivity index (χ2v) is 5.47. The lowest BCUT2D eigenvalue weighted by Gasteiger charge is -2.12. The molecule has 0 aliphatic heterocycles. The van der Waals surface area contributed by atoms with Gasteiger partial charge in [-0.25, -0.2) is 0 Å². The van der Waals surface area contributed by atoms with Crippen molar-refractivity contribution >= 4 is 27.5 Å². The van der Waals surface area contributed by atoms with Crippen molar-refractivity contribution in [3.05, 3.63) is 50.7 Å². The van der Waals surface area contributed by atoms with Gasteiger partial charge in [0.15, 0.2) is 0 Å². The van der Waals surface area contributed by atoms with Gasteiger partial charge in [0.1, 0.15) is 0 Å². The fourth-order valence-electron chi connectivity index (χ4n) is 1.92. The second kappa shape index (κ2) is 5.43. The zero-order chi connectivity index (χ0) is 13.3. The van der Waals surface area contributed by atoms with E-state index in [9.17, 15) is 5.11 Å². The lowest BCUT2D eigenvalue weighted by Crippen LogP contribution is -2.07. The van der Waals surface area contributed by atoms with Gasteiger partial charge in [-0.1, -0.05) is 23.7 Å². The molecule has 0 radical (unpaired) electrons. The van der Waals surface area contributed by atoms with Crippen molar-refractivity contribution in [3.8, 4) is 0 Å². The van der Waals surface area contributed by atoms with Gasteiger partial charge in [-0.3, -0.25) is 4.68 Å². The number of benzene rings is 1. The molecule has 1 aromatic heterocycles. The van der Waals surface area contributed by atoms with Crippen molar-refractivity contribution in [1.29, 1.82) is 0 Å². The largest absolute Gasteiger partial charge is 0.388 e. The van der Waals surface area contributed by atoms with Crippen LogP contribution in [0.5, 0.6) is 0 Å². The molecule has 1 unspecified atom stereocenters. The van der Waals surface area contributed by atoms with E-state index >= 15 is 0 Å². The summed E-state index contributed by atoms with van der Waals surface area (Å²) in [7, 11) is 1.87. The van der Waals surface area contributed by atoms with Crippen LogP contribution in [0.1, 0.15) is 23.1 Å². The summed E-state index contributed by atoms with van der Waals surface area (Å²) < 4.78 is 2.73. The first-order valence-electron chi connectivity index (χ1n) is 5.60. The summed E-state index contributed by atoms with van der Waals surface area (Å²) >= 11 is 9.42. The maximum absolute atomic E-state index is 10.2. The maximum atomic E-state index is 10.2. The average molecular weight is 330 g/mol. The third-order valence-corrected chi connectivity index (χ3v) is 4.15. The zero-order valence-corrected chi connectivity index (χ0v) is 12.5. The first-order valence-corrected chi connectivity index (χ1v) is 6.77. The van der Waals surface area contributed by atoms with E-state index in [2.05, 4.69) is 21.0 Å². The van der Waals surface area contributed by atoms with Crippen molar-refractivity contribution in [3.63, 3.8) is 0 Å². The summed E-state index contributed by atoms with van der Waals surface area (Å²) in [4.78, 5) is 0. The molecule has 0 fully saturated rings. The molecule has 2 rings (SSSR count). The Morgan fingerprint density at radius 1 is 1.50 bits per heavy atom. The number of aryl methyl sites for hydroxylation is 2. The minimum Gasteiger partial charge on any atom is -0.388 e. The molecule has 1 heterocycles. The summed E-state index contributed by atoms with van der Waals surface area (Å²) in [6.45, 7) is 1.93. The second-order valence-electron chi connectivity index (χ2n) is 4.24. The first-order chi connectivity index (χ1) is 8.49. The highest BCUT2D eigenvalue weighted by Crippen LogP contribution is 2.26. The van der Waals surface area contributed by atoms with Crippen LogP contribution in [0.4, 0.5) is 0 Å². The Morgan fingerprint density at radius 3 is 2.78 bits per heavy atom. The summed E-state index contributed by atoms with van der Waals surface area (Å²) in [5, 5.41) is 15.2. The molecule has 0 aliphatic rings. The van der Waals surface area contributed by atoms with Crippen molar-refractivity contribution in [2.24, 2.45) is 7.05 Å². The first kappa shape index (κ1) is 13.6. The Bertz CT molecular complexity index is 568. The highest BCUT2D eigenvalue weighted by molar-refractivity contribution is 9.10. The van der Waals surface area contributed by atoms with Crippen LogP contribution in [-0.4, -0.2) is 14.9 Å². The summed E-state index contributed by atoms with van der Waals surface area (Å²) in [6.07, 6.45) is -0.0899. The van der Waals surface area contributed by atoms with Crippen LogP contribution in [0.3, 0.4) is 0 Å². The van der Waals surface area contributed by atoms with E-state index in [-0.39, 0.29) is 0 Å². The smallest absolute Gasteiger partial charge is 0.0846 e. The van der Waals surface area contributed by atoms with Crippen LogP contribution < -0.4 is 0 Å². The third-order valence-electron chi connectivity index (χ3n) is 2.88. The maximum Gasteiger partial charge on any atom is 0.0846 e. The van der Waals surface area contributed by atoms with E-state index in [1.807, 2.05) is 26.1 Å². The number of hydrogen-bond acceptors (Lipinski definition) is 2. The van der Waals surface area contributed by atoms with Crippen LogP contribution in [-0.2, 0) is 13.5 Å². The number of aromatic nitrogens is 2. The highest BCUT2D eigenvalue weighted by Gasteiger charge is 2.16. The SMILES string of the molecule is Cc1nn(C)c(CC(O)c2cccc(Cl)c2)c1Br. The van der Waals surface area contributed by atoms with Gasteiger partial charge in [0.25, 0.3) is 0 Å². The van der Waals surface area contributed by atoms with E-state index < -0.39 is 6.10 Å². The quantitative estimate of drug-likeness (QED) is 0.937. The van der Waals surface area contributed by atoms with Crippen LogP contribution >= 0.6 is 27.5 Å². The lowest BCUT2D eigenvalue weighted by molar-refractivity contribution is 0.175. The van der Waals surface area contributed by atoms with E-state index in [4.69, 9.17) is 11.6 Å². The Labute approximate surface area is 120 Å². The molecule has 1 N–H and O–H groups in total. The van der Waals surface area contributed by atoms with Gasteiger partial charge in [0.2, 0.25) is 0 Å². The molecule has 96 valence electrons. The van der Waals surface area contributed by atoms with Crippen LogP contribution in [0.15, 0.2) is 28.7 Å². The van der Waals surface area contributed by atoms with Crippen LogP contribution in [0.2, 0.25) is 5.02 Å². The number of rotatable bonds is 3. The lowest BCUT2D eigenvalue weighted by atomic mass is 10.0. The van der Waals surface area contributed by atoms with E-state index in [0.29, 0.717) is 11.4 Å². The van der Waals surface area contributed by atoms with Gasteiger partial charge >= 0.3 is 0 Å². The molecule has 0 amide bonds. The molecule has 5 heteroatoms. The van der Waals surface area contributed by atoms with Crippen molar-refractivity contribution in [1.82, 2.24) is 9.78 Å². The Kier molecular flexibility index (Phi) is 4.10. The molecular formula is C13H14BrClN2O. The molecule has 18 heavy (non-hydrogen) atoms. The summed E-state index contributed by atoms with van der Waals surface area (Å²) in [6, 6.07) is 7.28. The summed E-state index contributed by atoms with van der Waals surface area (Å²) in [5.41, 5.74) is 2.71. The van der Waals surface area contributed by atoms with Crippen LogP contribution in [0, 0.1) is 6.92 Å². The summed E-state index contributed by atoms with van der Waals surface area (Å²) in [5.74, 6) is 0. The van der Waals surface area contributed by atoms with Gasteiger partial charge in [-0.05, 0) is 40.5 Å². The molecule has 2 aromatic rings. The Morgan fingerprint density at radius 2 is 2.22 bits per heavy atom. The van der Waals surface area contributed by atoms with E-state index in [0.717, 1.165) is 21.4 Å². The molecular weight excluding hydrogens is 316 g/mol. The number of nitrogens with zero attached hydrogens (tertiary/aromatic N) is 2.